The summed E-state index contributed by atoms with van der Waals surface area (Å²) >= 11 is 5.37. The van der Waals surface area contributed by atoms with Gasteiger partial charge in [0.15, 0.2) is 5.11 Å². The first kappa shape index (κ1) is 18.8. The van der Waals surface area contributed by atoms with Gasteiger partial charge in [-0.05, 0) is 28.9 Å². The number of hydrazone groups is 1. The molecule has 0 amide bonds. The highest BCUT2D eigenvalue weighted by atomic mass is 32.1. The maximum Gasteiger partial charge on any atom is 0.187 e. The van der Waals surface area contributed by atoms with Crippen molar-refractivity contribution in [1.82, 2.24) is 10.7 Å². The minimum absolute atomic E-state index is 0.525. The van der Waals surface area contributed by atoms with Gasteiger partial charge < -0.3 is 5.32 Å². The van der Waals surface area contributed by atoms with E-state index in [-0.39, 0.29) is 0 Å². The van der Waals surface area contributed by atoms with E-state index in [0.29, 0.717) is 11.7 Å². The number of thiocarbonyl (C=S) groups is 1. The maximum absolute atomic E-state index is 5.37. The predicted octanol–water partition coefficient (Wildman–Crippen LogP) is 4.49. The summed E-state index contributed by atoms with van der Waals surface area (Å²) in [7, 11) is 0. The number of nitrogens with one attached hydrogen (secondary N) is 2. The molecule has 0 aromatic heterocycles. The number of nitrogens with zero attached hydrogens (tertiary/aromatic N) is 1. The molecule has 0 fully saturated rings. The fourth-order valence-electron chi connectivity index (χ4n) is 2.75. The lowest BCUT2D eigenvalue weighted by Crippen LogP contribution is -2.32. The summed E-state index contributed by atoms with van der Waals surface area (Å²) in [6.07, 6.45) is 1.56. The Hall–Kier alpha value is -2.98. The van der Waals surface area contributed by atoms with Crippen LogP contribution in [0.5, 0.6) is 0 Å². The van der Waals surface area contributed by atoms with Gasteiger partial charge in [-0.3, -0.25) is 5.43 Å². The lowest BCUT2D eigenvalue weighted by molar-refractivity contribution is 0.862. The van der Waals surface area contributed by atoms with Gasteiger partial charge in [0.05, 0.1) is 0 Å². The summed E-state index contributed by atoms with van der Waals surface area (Å²) in [6.45, 7) is 0.675. The molecule has 0 spiro atoms. The Morgan fingerprint density at radius 2 is 1.11 bits per heavy atom. The van der Waals surface area contributed by atoms with E-state index in [0.717, 1.165) is 18.6 Å². The van der Waals surface area contributed by atoms with E-state index in [2.05, 4.69) is 76.5 Å². The van der Waals surface area contributed by atoms with Crippen LogP contribution in [-0.4, -0.2) is 10.8 Å². The molecule has 0 saturated carbocycles. The van der Waals surface area contributed by atoms with Gasteiger partial charge in [0.25, 0.3) is 0 Å². The number of rotatable bonds is 7. The summed E-state index contributed by atoms with van der Waals surface area (Å²) in [6, 6.07) is 30.9. The molecule has 3 nitrogen and oxygen atoms in total. The molecular formula is C23H23N3S. The summed E-state index contributed by atoms with van der Waals surface area (Å²) in [4.78, 5) is 0. The van der Waals surface area contributed by atoms with Gasteiger partial charge in [-0.2, -0.15) is 5.10 Å². The molecule has 0 aliphatic carbocycles. The second kappa shape index (κ2) is 10.2. The zero-order valence-corrected chi connectivity index (χ0v) is 16.0. The Morgan fingerprint density at radius 1 is 0.667 bits per heavy atom. The van der Waals surface area contributed by atoms with E-state index < -0.39 is 0 Å². The van der Waals surface area contributed by atoms with Gasteiger partial charge in [-0.15, -0.1) is 0 Å². The van der Waals surface area contributed by atoms with Crippen molar-refractivity contribution in [3.8, 4) is 0 Å². The molecule has 0 radical (unpaired) electrons. The molecular weight excluding hydrogens is 350 g/mol. The minimum atomic E-state index is 0.525. The van der Waals surface area contributed by atoms with Crippen LogP contribution in [0.1, 0.15) is 16.7 Å². The second-order valence-electron chi connectivity index (χ2n) is 6.28. The normalized spacial score (nSPS) is 10.1. The molecule has 0 aliphatic rings. The van der Waals surface area contributed by atoms with Gasteiger partial charge in [0.1, 0.15) is 0 Å². The third-order valence-electron chi connectivity index (χ3n) is 4.11. The summed E-state index contributed by atoms with van der Waals surface area (Å²) in [5.41, 5.74) is 7.69. The van der Waals surface area contributed by atoms with Gasteiger partial charge >= 0.3 is 0 Å². The molecule has 0 unspecified atom stereocenters. The SMILES string of the molecule is S=C(NCc1ccccc1)NN=C(Cc1ccccc1)Cc1ccccc1. The van der Waals surface area contributed by atoms with Gasteiger partial charge in [0.2, 0.25) is 0 Å². The van der Waals surface area contributed by atoms with E-state index in [1.165, 1.54) is 16.7 Å². The van der Waals surface area contributed by atoms with Crippen LogP contribution in [0.15, 0.2) is 96.1 Å². The summed E-state index contributed by atoms with van der Waals surface area (Å²) in [5, 5.41) is 8.31. The second-order valence-corrected chi connectivity index (χ2v) is 6.69. The van der Waals surface area contributed by atoms with Crippen LogP contribution < -0.4 is 10.7 Å². The average molecular weight is 374 g/mol. The molecule has 0 atom stereocenters. The fourth-order valence-corrected chi connectivity index (χ4v) is 2.87. The first-order valence-corrected chi connectivity index (χ1v) is 9.41. The predicted molar refractivity (Wildman–Crippen MR) is 117 cm³/mol. The molecule has 4 heteroatoms. The van der Waals surface area contributed by atoms with Crippen molar-refractivity contribution < 1.29 is 0 Å². The lowest BCUT2D eigenvalue weighted by atomic mass is 10.0. The number of hydrogen-bond donors (Lipinski definition) is 2. The van der Waals surface area contributed by atoms with Gasteiger partial charge in [-0.25, -0.2) is 0 Å². The molecule has 0 aliphatic heterocycles. The minimum Gasteiger partial charge on any atom is -0.357 e. The molecule has 3 aromatic carbocycles. The van der Waals surface area contributed by atoms with Crippen LogP contribution in [0.2, 0.25) is 0 Å². The van der Waals surface area contributed by atoms with Crippen molar-refractivity contribution >= 4 is 23.0 Å². The Labute approximate surface area is 166 Å². The van der Waals surface area contributed by atoms with Crippen molar-refractivity contribution in [3.63, 3.8) is 0 Å². The largest absolute Gasteiger partial charge is 0.357 e. The topological polar surface area (TPSA) is 36.4 Å². The standard InChI is InChI=1S/C23H23N3S/c27-23(24-18-21-14-8-3-9-15-21)26-25-22(16-19-10-4-1-5-11-19)17-20-12-6-2-7-13-20/h1-15H,16-18H2,(H2,24,26,27). The van der Waals surface area contributed by atoms with E-state index in [4.69, 9.17) is 12.2 Å². The highest BCUT2D eigenvalue weighted by molar-refractivity contribution is 7.80. The zero-order valence-electron chi connectivity index (χ0n) is 15.1. The molecule has 0 bridgehead atoms. The smallest absolute Gasteiger partial charge is 0.187 e. The molecule has 0 saturated heterocycles. The first-order valence-electron chi connectivity index (χ1n) is 9.00. The van der Waals surface area contributed by atoms with Crippen LogP contribution in [0.4, 0.5) is 0 Å². The molecule has 27 heavy (non-hydrogen) atoms. The third-order valence-corrected chi connectivity index (χ3v) is 4.35. The van der Waals surface area contributed by atoms with Gasteiger partial charge in [0, 0.05) is 25.1 Å². The van der Waals surface area contributed by atoms with Gasteiger partial charge in [-0.1, -0.05) is 91.0 Å². The Morgan fingerprint density at radius 3 is 1.59 bits per heavy atom. The Balaban J connectivity index is 1.62. The molecule has 3 rings (SSSR count). The Kier molecular flexibility index (Phi) is 7.13. The highest BCUT2D eigenvalue weighted by Gasteiger charge is 2.05. The third kappa shape index (κ3) is 6.68. The fraction of sp³-hybridized carbons (Fsp3) is 0.130. The number of hydrogen-bond acceptors (Lipinski definition) is 2. The number of benzene rings is 3. The monoisotopic (exact) mass is 373 g/mol. The van der Waals surface area contributed by atoms with E-state index >= 15 is 0 Å². The lowest BCUT2D eigenvalue weighted by Gasteiger charge is -2.11. The summed E-state index contributed by atoms with van der Waals surface area (Å²) < 4.78 is 0. The maximum atomic E-state index is 5.37. The molecule has 3 aromatic rings. The Bertz CT molecular complexity index is 818. The van der Waals surface area contributed by atoms with E-state index in [1.807, 2.05) is 30.3 Å². The van der Waals surface area contributed by atoms with Crippen LogP contribution in [0.3, 0.4) is 0 Å². The summed E-state index contributed by atoms with van der Waals surface area (Å²) in [5.74, 6) is 0. The quantitative estimate of drug-likeness (QED) is 0.364. The van der Waals surface area contributed by atoms with Crippen LogP contribution in [0.25, 0.3) is 0 Å². The van der Waals surface area contributed by atoms with Crippen LogP contribution in [0, 0.1) is 0 Å². The van der Waals surface area contributed by atoms with Crippen molar-refractivity contribution in [2.45, 2.75) is 19.4 Å². The van der Waals surface area contributed by atoms with Crippen molar-refractivity contribution in [3.05, 3.63) is 108 Å². The van der Waals surface area contributed by atoms with Crippen LogP contribution in [-0.2, 0) is 19.4 Å². The zero-order chi connectivity index (χ0) is 18.7. The molecule has 0 heterocycles. The molecule has 136 valence electrons. The van der Waals surface area contributed by atoms with Crippen LogP contribution >= 0.6 is 12.2 Å². The molecule has 2 N–H and O–H groups in total. The van der Waals surface area contributed by atoms with E-state index in [9.17, 15) is 0 Å². The highest BCUT2D eigenvalue weighted by Crippen LogP contribution is 2.07. The first-order chi connectivity index (χ1) is 13.3. The van der Waals surface area contributed by atoms with Crippen molar-refractivity contribution in [2.75, 3.05) is 0 Å². The van der Waals surface area contributed by atoms with Crippen molar-refractivity contribution in [2.24, 2.45) is 5.10 Å². The van der Waals surface area contributed by atoms with Crippen molar-refractivity contribution in [1.29, 1.82) is 0 Å². The van der Waals surface area contributed by atoms with E-state index in [1.54, 1.807) is 0 Å². The average Bonchev–Trinajstić information content (AvgIpc) is 2.73.